The van der Waals surface area contributed by atoms with Gasteiger partial charge in [-0.25, -0.2) is 4.98 Å². The molecule has 0 aliphatic carbocycles. The zero-order valence-corrected chi connectivity index (χ0v) is 13.7. The van der Waals surface area contributed by atoms with Gasteiger partial charge in [-0.2, -0.15) is 0 Å². The van der Waals surface area contributed by atoms with Gasteiger partial charge in [-0.15, -0.1) is 0 Å². The minimum atomic E-state index is -0.460. The van der Waals surface area contributed by atoms with Crippen molar-refractivity contribution in [2.75, 3.05) is 6.54 Å². The Morgan fingerprint density at radius 3 is 2.64 bits per heavy atom. The van der Waals surface area contributed by atoms with E-state index in [0.717, 1.165) is 16.8 Å². The monoisotopic (exact) mass is 305 g/mol. The van der Waals surface area contributed by atoms with Crippen LogP contribution in [0.1, 0.15) is 30.7 Å². The molecule has 0 fully saturated rings. The molecule has 0 atom stereocenters. The van der Waals surface area contributed by atoms with Crippen LogP contribution in [-0.2, 0) is 18.3 Å². The van der Waals surface area contributed by atoms with Crippen LogP contribution in [0.3, 0.4) is 0 Å². The lowest BCUT2D eigenvalue weighted by molar-refractivity contribution is -0.120. The van der Waals surface area contributed by atoms with Gasteiger partial charge in [-0.05, 0) is 38.8 Å². The first-order valence-electron chi connectivity index (χ1n) is 7.20. The topological polar surface area (TPSA) is 106 Å². The lowest BCUT2D eigenvalue weighted by atomic mass is 10.0. The van der Waals surface area contributed by atoms with E-state index in [4.69, 9.17) is 5.73 Å². The van der Waals surface area contributed by atoms with Gasteiger partial charge in [0.2, 0.25) is 5.91 Å². The lowest BCUT2D eigenvalue weighted by Gasteiger charge is -2.19. The van der Waals surface area contributed by atoms with Crippen LogP contribution in [0.4, 0.5) is 0 Å². The maximum Gasteiger partial charge on any atom is 0.273 e. The summed E-state index contributed by atoms with van der Waals surface area (Å²) in [5.41, 5.74) is 8.15. The minimum absolute atomic E-state index is 0.127. The van der Waals surface area contributed by atoms with Crippen LogP contribution in [0.2, 0.25) is 0 Å². The Labute approximate surface area is 128 Å². The number of aromatic amines is 1. The maximum absolute atomic E-state index is 12.1. The highest BCUT2D eigenvalue weighted by molar-refractivity contribution is 5.84. The average molecular weight is 305 g/mol. The van der Waals surface area contributed by atoms with Crippen molar-refractivity contribution < 1.29 is 4.79 Å². The van der Waals surface area contributed by atoms with E-state index in [1.54, 1.807) is 11.7 Å². The third-order valence-electron chi connectivity index (χ3n) is 3.65. The fourth-order valence-electron chi connectivity index (χ4n) is 2.46. The predicted octanol–water partition coefficient (Wildman–Crippen LogP) is 0.274. The Bertz CT molecular complexity index is 780. The zero-order chi connectivity index (χ0) is 16.7. The van der Waals surface area contributed by atoms with Crippen molar-refractivity contribution in [2.45, 2.75) is 39.7 Å². The van der Waals surface area contributed by atoms with Crippen LogP contribution in [0.5, 0.6) is 0 Å². The summed E-state index contributed by atoms with van der Waals surface area (Å²) in [6.45, 7) is 7.79. The van der Waals surface area contributed by atoms with Gasteiger partial charge in [-0.1, -0.05) is 0 Å². The molecule has 0 saturated carbocycles. The number of carbonyl (C=O) groups excluding carboxylic acids is 1. The highest BCUT2D eigenvalue weighted by atomic mass is 16.1. The lowest BCUT2D eigenvalue weighted by Crippen LogP contribution is -2.45. The molecule has 2 aromatic heterocycles. The number of fused-ring (bicyclic) bond motifs is 1. The summed E-state index contributed by atoms with van der Waals surface area (Å²) in [7, 11) is 1.74. The number of nitrogens with zero attached hydrogens (tertiary/aromatic N) is 2. The van der Waals surface area contributed by atoms with Crippen LogP contribution >= 0.6 is 0 Å². The second kappa shape index (κ2) is 5.57. The first kappa shape index (κ1) is 16.2. The van der Waals surface area contributed by atoms with Crippen LogP contribution < -0.4 is 16.6 Å². The summed E-state index contributed by atoms with van der Waals surface area (Å²) in [6, 6.07) is 0. The summed E-state index contributed by atoms with van der Waals surface area (Å²) in [5.74, 6) is -0.127. The molecule has 7 heteroatoms. The Morgan fingerprint density at radius 1 is 1.41 bits per heavy atom. The van der Waals surface area contributed by atoms with Gasteiger partial charge in [0.25, 0.3) is 5.56 Å². The van der Waals surface area contributed by atoms with Crippen molar-refractivity contribution >= 4 is 16.9 Å². The molecule has 0 bridgehead atoms. The number of aromatic nitrogens is 3. The molecule has 22 heavy (non-hydrogen) atoms. The molecular weight excluding hydrogens is 282 g/mol. The highest BCUT2D eigenvalue weighted by Gasteiger charge is 2.18. The maximum atomic E-state index is 12.1. The largest absolute Gasteiger partial charge is 0.354 e. The first-order chi connectivity index (χ1) is 10.1. The Hall–Kier alpha value is -2.15. The number of aryl methyl sites for hydroxylation is 3. The third kappa shape index (κ3) is 3.19. The van der Waals surface area contributed by atoms with Crippen LogP contribution in [0.15, 0.2) is 4.79 Å². The fourth-order valence-corrected chi connectivity index (χ4v) is 2.46. The molecule has 0 spiro atoms. The standard InChI is InChI=1S/C15H23N5O2/c1-8-10(6-11(21)17-7-15(3,4)16)9(2)18-13-12(8)14(22)19-20(13)5/h6-7,16H2,1-5H3,(H,17,21)(H,19,22). The van der Waals surface area contributed by atoms with E-state index >= 15 is 0 Å². The summed E-state index contributed by atoms with van der Waals surface area (Å²) in [6.07, 6.45) is 0.186. The normalized spacial score (nSPS) is 11.9. The highest BCUT2D eigenvalue weighted by Crippen LogP contribution is 2.20. The molecule has 7 nitrogen and oxygen atoms in total. The number of hydrogen-bond donors (Lipinski definition) is 3. The SMILES string of the molecule is Cc1nc2c(c(C)c1CC(=O)NCC(C)(C)N)c(=O)[nH]n2C. The molecule has 2 aromatic rings. The van der Waals surface area contributed by atoms with Crippen LogP contribution in [0, 0.1) is 13.8 Å². The molecule has 0 unspecified atom stereocenters. The first-order valence-corrected chi connectivity index (χ1v) is 7.20. The van der Waals surface area contributed by atoms with Crippen molar-refractivity contribution in [1.29, 1.82) is 0 Å². The van der Waals surface area contributed by atoms with Crippen LogP contribution in [-0.4, -0.2) is 32.8 Å². The molecule has 1 amide bonds. The smallest absolute Gasteiger partial charge is 0.273 e. The fraction of sp³-hybridized carbons (Fsp3) is 0.533. The number of nitrogens with two attached hydrogens (primary N) is 1. The van der Waals surface area contributed by atoms with E-state index in [1.165, 1.54) is 0 Å². The van der Waals surface area contributed by atoms with Gasteiger partial charge in [0, 0.05) is 24.8 Å². The summed E-state index contributed by atoms with van der Waals surface area (Å²) < 4.78 is 1.60. The number of nitrogens with one attached hydrogen (secondary N) is 2. The van der Waals surface area contributed by atoms with Gasteiger partial charge in [0.1, 0.15) is 0 Å². The minimum Gasteiger partial charge on any atom is -0.354 e. The van der Waals surface area contributed by atoms with Gasteiger partial charge in [0.15, 0.2) is 5.65 Å². The summed E-state index contributed by atoms with van der Waals surface area (Å²) in [4.78, 5) is 28.5. The number of pyridine rings is 1. The van der Waals surface area contributed by atoms with Crippen molar-refractivity contribution in [3.8, 4) is 0 Å². The second-order valence-corrected chi connectivity index (χ2v) is 6.44. The van der Waals surface area contributed by atoms with E-state index in [0.29, 0.717) is 17.6 Å². The molecule has 0 aliphatic heterocycles. The van der Waals surface area contributed by atoms with E-state index in [-0.39, 0.29) is 17.9 Å². The molecule has 120 valence electrons. The van der Waals surface area contributed by atoms with E-state index in [9.17, 15) is 9.59 Å². The number of carbonyl (C=O) groups is 1. The van der Waals surface area contributed by atoms with E-state index in [2.05, 4.69) is 15.4 Å². The molecule has 0 aliphatic rings. The summed E-state index contributed by atoms with van der Waals surface area (Å²) in [5, 5.41) is 6.04. The van der Waals surface area contributed by atoms with Gasteiger partial charge in [0.05, 0.1) is 11.8 Å². The molecule has 2 heterocycles. The Morgan fingerprint density at radius 2 is 2.05 bits per heavy atom. The molecular formula is C15H23N5O2. The molecule has 0 aromatic carbocycles. The van der Waals surface area contributed by atoms with Gasteiger partial charge < -0.3 is 11.1 Å². The van der Waals surface area contributed by atoms with E-state index < -0.39 is 5.54 Å². The molecule has 4 N–H and O–H groups in total. The number of hydrogen-bond acceptors (Lipinski definition) is 4. The van der Waals surface area contributed by atoms with Crippen molar-refractivity contribution in [1.82, 2.24) is 20.1 Å². The van der Waals surface area contributed by atoms with Crippen molar-refractivity contribution in [3.63, 3.8) is 0 Å². The third-order valence-corrected chi connectivity index (χ3v) is 3.65. The van der Waals surface area contributed by atoms with Gasteiger partial charge in [-0.3, -0.25) is 19.4 Å². The van der Waals surface area contributed by atoms with E-state index in [1.807, 2.05) is 27.7 Å². The predicted molar refractivity (Wildman–Crippen MR) is 85.8 cm³/mol. The zero-order valence-electron chi connectivity index (χ0n) is 13.7. The number of H-pyrrole nitrogens is 1. The number of amides is 1. The Balaban J connectivity index is 2.34. The molecule has 2 rings (SSSR count). The van der Waals surface area contributed by atoms with Crippen molar-refractivity contribution in [2.24, 2.45) is 12.8 Å². The second-order valence-electron chi connectivity index (χ2n) is 6.44. The molecule has 0 radical (unpaired) electrons. The van der Waals surface area contributed by atoms with Crippen molar-refractivity contribution in [3.05, 3.63) is 27.2 Å². The average Bonchev–Trinajstić information content (AvgIpc) is 2.66. The molecule has 0 saturated heterocycles. The number of rotatable bonds is 4. The quantitative estimate of drug-likeness (QED) is 0.754. The summed E-state index contributed by atoms with van der Waals surface area (Å²) >= 11 is 0. The van der Waals surface area contributed by atoms with Crippen LogP contribution in [0.25, 0.3) is 11.0 Å². The Kier molecular flexibility index (Phi) is 4.10. The van der Waals surface area contributed by atoms with Gasteiger partial charge >= 0.3 is 0 Å².